The van der Waals surface area contributed by atoms with E-state index in [1.807, 2.05) is 31.2 Å². The zero-order valence-corrected chi connectivity index (χ0v) is 19.8. The predicted molar refractivity (Wildman–Crippen MR) is 130 cm³/mol. The predicted octanol–water partition coefficient (Wildman–Crippen LogP) is 4.75. The van der Waals surface area contributed by atoms with E-state index in [-0.39, 0.29) is 28.8 Å². The van der Waals surface area contributed by atoms with E-state index in [9.17, 15) is 21.6 Å². The van der Waals surface area contributed by atoms with Crippen molar-refractivity contribution < 1.29 is 21.6 Å². The molecule has 0 saturated heterocycles. The number of hydrogen-bond donors (Lipinski definition) is 4. The number of aromatic amines is 1. The summed E-state index contributed by atoms with van der Waals surface area (Å²) >= 11 is 0. The van der Waals surface area contributed by atoms with Crippen molar-refractivity contribution in [2.45, 2.75) is 37.7 Å². The summed E-state index contributed by atoms with van der Waals surface area (Å²) in [5, 5.41) is 5.93. The fourth-order valence-electron chi connectivity index (χ4n) is 3.50. The number of aryl methyl sites for hydroxylation is 1. The topological polar surface area (TPSA) is 125 Å². The van der Waals surface area contributed by atoms with Gasteiger partial charge in [0.05, 0.1) is 16.3 Å². The second kappa shape index (κ2) is 9.06. The summed E-state index contributed by atoms with van der Waals surface area (Å²) in [5.74, 6) is -0.269. The van der Waals surface area contributed by atoms with E-state index in [0.29, 0.717) is 24.3 Å². The largest absolute Gasteiger partial charge is 0.449 e. The molecule has 1 saturated carbocycles. The van der Waals surface area contributed by atoms with Crippen LogP contribution >= 0.6 is 0 Å². The molecule has 1 aliphatic rings. The van der Waals surface area contributed by atoms with Crippen LogP contribution in [0.4, 0.5) is 36.3 Å². The van der Waals surface area contributed by atoms with Crippen LogP contribution in [-0.2, 0) is 22.7 Å². The zero-order chi connectivity index (χ0) is 25.5. The summed E-state index contributed by atoms with van der Waals surface area (Å²) in [6.07, 6.45) is -1.52. The summed E-state index contributed by atoms with van der Waals surface area (Å²) in [5.41, 5.74) is 3.26. The molecule has 0 unspecified atom stereocenters. The van der Waals surface area contributed by atoms with Gasteiger partial charge in [-0.3, -0.25) is 0 Å². The van der Waals surface area contributed by atoms with Crippen LogP contribution in [0.2, 0.25) is 0 Å². The van der Waals surface area contributed by atoms with Crippen molar-refractivity contribution in [3.8, 4) is 0 Å². The average molecular weight is 518 g/mol. The molecule has 0 bridgehead atoms. The van der Waals surface area contributed by atoms with E-state index < -0.39 is 22.0 Å². The van der Waals surface area contributed by atoms with Gasteiger partial charge in [0.15, 0.2) is 0 Å². The van der Waals surface area contributed by atoms with Crippen molar-refractivity contribution in [2.24, 2.45) is 0 Å². The van der Waals surface area contributed by atoms with Gasteiger partial charge in [-0.2, -0.15) is 18.2 Å². The Hall–Kier alpha value is -3.71. The van der Waals surface area contributed by atoms with Crippen LogP contribution in [0.15, 0.2) is 48.7 Å². The lowest BCUT2D eigenvalue weighted by atomic mass is 10.2. The highest BCUT2D eigenvalue weighted by atomic mass is 32.2. The van der Waals surface area contributed by atoms with Crippen LogP contribution in [0.5, 0.6) is 0 Å². The lowest BCUT2D eigenvalue weighted by Gasteiger charge is -2.12. The van der Waals surface area contributed by atoms with E-state index in [1.165, 1.54) is 12.1 Å². The van der Waals surface area contributed by atoms with Crippen molar-refractivity contribution in [1.82, 2.24) is 24.7 Å². The van der Waals surface area contributed by atoms with Gasteiger partial charge in [-0.15, -0.1) is 0 Å². The number of benzene rings is 2. The summed E-state index contributed by atoms with van der Waals surface area (Å²) in [4.78, 5) is 14.6. The second-order valence-electron chi connectivity index (χ2n) is 8.55. The van der Waals surface area contributed by atoms with E-state index in [1.54, 1.807) is 12.3 Å². The molecule has 0 amide bonds. The van der Waals surface area contributed by atoms with Gasteiger partial charge in [-0.1, -0.05) is 12.1 Å². The molecular formula is C23H22F3N7O2S. The maximum atomic E-state index is 12.9. The highest BCUT2D eigenvalue weighted by molar-refractivity contribution is 7.90. The number of rotatable bonds is 8. The van der Waals surface area contributed by atoms with Crippen LogP contribution in [0.25, 0.3) is 11.0 Å². The minimum Gasteiger partial charge on any atom is -0.340 e. The number of H-pyrrole nitrogens is 1. The molecule has 1 aliphatic carbocycles. The van der Waals surface area contributed by atoms with Crippen LogP contribution in [0, 0.1) is 6.92 Å². The van der Waals surface area contributed by atoms with Gasteiger partial charge in [-0.25, -0.2) is 23.1 Å². The molecule has 4 N–H and O–H groups in total. The Balaban J connectivity index is 1.27. The fraction of sp³-hybridized carbons (Fsp3) is 0.261. The van der Waals surface area contributed by atoms with Crippen LogP contribution < -0.4 is 15.4 Å². The van der Waals surface area contributed by atoms with Gasteiger partial charge in [0, 0.05) is 29.7 Å². The Labute approximate surface area is 204 Å². The molecule has 13 heteroatoms. The summed E-state index contributed by atoms with van der Waals surface area (Å²) < 4.78 is 65.3. The van der Waals surface area contributed by atoms with Crippen molar-refractivity contribution in [3.05, 3.63) is 65.6 Å². The number of anilines is 4. The van der Waals surface area contributed by atoms with Gasteiger partial charge in [0.1, 0.15) is 5.82 Å². The second-order valence-corrected chi connectivity index (χ2v) is 10.6. The number of halogens is 3. The third kappa shape index (κ3) is 5.41. The Morgan fingerprint density at radius 1 is 1.03 bits per heavy atom. The highest BCUT2D eigenvalue weighted by Gasteiger charge is 2.35. The number of nitrogens with zero attached hydrogens (tertiary/aromatic N) is 3. The molecule has 0 radical (unpaired) electrons. The van der Waals surface area contributed by atoms with Gasteiger partial charge in [-0.05, 0) is 55.7 Å². The molecule has 188 valence electrons. The van der Waals surface area contributed by atoms with Crippen LogP contribution in [0.1, 0.15) is 29.8 Å². The monoisotopic (exact) mass is 517 g/mol. The van der Waals surface area contributed by atoms with Gasteiger partial charge >= 0.3 is 6.18 Å². The number of imidazole rings is 1. The van der Waals surface area contributed by atoms with E-state index >= 15 is 0 Å². The van der Waals surface area contributed by atoms with Gasteiger partial charge < -0.3 is 15.6 Å². The molecule has 0 atom stereocenters. The van der Waals surface area contributed by atoms with Crippen molar-refractivity contribution >= 4 is 44.2 Å². The third-order valence-corrected chi connectivity index (χ3v) is 7.53. The zero-order valence-electron chi connectivity index (χ0n) is 19.0. The van der Waals surface area contributed by atoms with E-state index in [0.717, 1.165) is 16.8 Å². The van der Waals surface area contributed by atoms with Crippen LogP contribution in [0.3, 0.4) is 0 Å². The third-order valence-electron chi connectivity index (χ3n) is 5.64. The van der Waals surface area contributed by atoms with Gasteiger partial charge in [0.2, 0.25) is 21.8 Å². The lowest BCUT2D eigenvalue weighted by Crippen LogP contribution is -2.26. The normalized spacial score (nSPS) is 14.2. The maximum Gasteiger partial charge on any atom is 0.449 e. The smallest absolute Gasteiger partial charge is 0.340 e. The molecular weight excluding hydrogens is 495 g/mol. The Morgan fingerprint density at radius 2 is 1.75 bits per heavy atom. The number of hydrogen-bond acceptors (Lipinski definition) is 7. The Kier molecular flexibility index (Phi) is 6.04. The lowest BCUT2D eigenvalue weighted by molar-refractivity contribution is -0.144. The highest BCUT2D eigenvalue weighted by Crippen LogP contribution is 2.30. The number of alkyl halides is 3. The molecule has 9 nitrogen and oxygen atoms in total. The van der Waals surface area contributed by atoms with Crippen molar-refractivity contribution in [2.75, 3.05) is 10.6 Å². The minimum atomic E-state index is -4.56. The number of nitrogens with one attached hydrogen (secondary N) is 4. The first kappa shape index (κ1) is 24.0. The Morgan fingerprint density at radius 3 is 2.44 bits per heavy atom. The Bertz CT molecular complexity index is 1520. The molecule has 36 heavy (non-hydrogen) atoms. The van der Waals surface area contributed by atoms with E-state index in [4.69, 9.17) is 0 Å². The first-order valence-corrected chi connectivity index (χ1v) is 12.6. The minimum absolute atomic E-state index is 0.164. The van der Waals surface area contributed by atoms with E-state index in [2.05, 4.69) is 35.3 Å². The molecule has 1 fully saturated rings. The molecule has 4 aromatic rings. The van der Waals surface area contributed by atoms with Crippen molar-refractivity contribution in [1.29, 1.82) is 0 Å². The molecule has 0 aliphatic heterocycles. The summed E-state index contributed by atoms with van der Waals surface area (Å²) in [6.45, 7) is 2.06. The SMILES string of the molecule is Cc1cnc(Nc2ccc3[nH]c(C(F)(F)F)nc3c2)nc1Nc1ccc(CNS(=O)(=O)C2CC2)cc1. The average Bonchev–Trinajstić information content (AvgIpc) is 3.60. The standard InChI is InChI=1S/C23H22F3N7O2S/c1-13-11-27-22(30-16-6-9-18-19(10-16)32-21(31-18)23(24,25)26)33-20(13)29-15-4-2-14(3-5-15)12-28-36(34,35)17-7-8-17/h2-6,9-11,17,28H,7-8,12H2,1H3,(H,31,32)(H2,27,29,30,33). The quantitative estimate of drug-likeness (QED) is 0.266. The number of fused-ring (bicyclic) bond motifs is 1. The molecule has 5 rings (SSSR count). The summed E-state index contributed by atoms with van der Waals surface area (Å²) in [6, 6.07) is 11.9. The first-order valence-electron chi connectivity index (χ1n) is 11.1. The molecule has 2 aromatic carbocycles. The fourth-order valence-corrected chi connectivity index (χ4v) is 4.86. The van der Waals surface area contributed by atoms with Gasteiger partial charge in [0.25, 0.3) is 0 Å². The van der Waals surface area contributed by atoms with Crippen LogP contribution in [-0.4, -0.2) is 33.6 Å². The molecule has 2 aromatic heterocycles. The molecule has 0 spiro atoms. The summed E-state index contributed by atoms with van der Waals surface area (Å²) in [7, 11) is -3.24. The number of sulfonamides is 1. The maximum absolute atomic E-state index is 12.9. The number of aromatic nitrogens is 4. The first-order chi connectivity index (χ1) is 17.1. The molecule has 2 heterocycles. The van der Waals surface area contributed by atoms with Crippen molar-refractivity contribution in [3.63, 3.8) is 0 Å².